The molecule has 1 aliphatic rings. The zero-order valence-corrected chi connectivity index (χ0v) is 20.9. The molecule has 1 heterocycles. The SMILES string of the molecule is COc1cc(/C(O)=C2\C(=O)C(=O)N(CCc3ccc(Cl)cc3)C2c2ccc(F)cc2)c(OC)cc1Cl. The van der Waals surface area contributed by atoms with Crippen LogP contribution in [0.2, 0.25) is 10.0 Å². The Morgan fingerprint density at radius 1 is 0.972 bits per heavy atom. The Kier molecular flexibility index (Phi) is 7.52. The van der Waals surface area contributed by atoms with Crippen molar-refractivity contribution in [3.63, 3.8) is 0 Å². The van der Waals surface area contributed by atoms with Crippen LogP contribution >= 0.6 is 23.2 Å². The standard InChI is InChI=1S/C27H22Cl2FNO5/c1-35-21-14-20(29)22(36-2)13-19(21)25(32)23-24(16-5-9-18(30)10-6-16)31(27(34)26(23)33)12-11-15-3-7-17(28)8-4-15/h3-10,13-14,24,32H,11-12H2,1-2H3/b25-23+. The van der Waals surface area contributed by atoms with Crippen molar-refractivity contribution in [2.24, 2.45) is 0 Å². The molecule has 1 saturated heterocycles. The number of aliphatic hydroxyl groups is 1. The predicted molar refractivity (Wildman–Crippen MR) is 135 cm³/mol. The largest absolute Gasteiger partial charge is 0.507 e. The zero-order chi connectivity index (χ0) is 26.0. The fourth-order valence-corrected chi connectivity index (χ4v) is 4.55. The molecule has 1 aliphatic heterocycles. The molecule has 36 heavy (non-hydrogen) atoms. The van der Waals surface area contributed by atoms with Crippen molar-refractivity contribution in [3.8, 4) is 11.5 Å². The second-order valence-corrected chi connectivity index (χ2v) is 8.95. The van der Waals surface area contributed by atoms with Gasteiger partial charge >= 0.3 is 0 Å². The predicted octanol–water partition coefficient (Wildman–Crippen LogP) is 5.81. The van der Waals surface area contributed by atoms with Gasteiger partial charge in [0.1, 0.15) is 23.1 Å². The molecule has 0 spiro atoms. The van der Waals surface area contributed by atoms with Gasteiger partial charge in [0.2, 0.25) is 0 Å². The van der Waals surface area contributed by atoms with Gasteiger partial charge in [-0.15, -0.1) is 0 Å². The van der Waals surface area contributed by atoms with Crippen LogP contribution < -0.4 is 9.47 Å². The number of hydrogen-bond acceptors (Lipinski definition) is 5. The molecule has 0 bridgehead atoms. The van der Waals surface area contributed by atoms with E-state index in [-0.39, 0.29) is 34.2 Å². The van der Waals surface area contributed by atoms with Crippen LogP contribution in [-0.2, 0) is 16.0 Å². The van der Waals surface area contributed by atoms with Crippen molar-refractivity contribution in [1.82, 2.24) is 4.90 Å². The maximum Gasteiger partial charge on any atom is 0.295 e. The lowest BCUT2D eigenvalue weighted by Crippen LogP contribution is -2.31. The summed E-state index contributed by atoms with van der Waals surface area (Å²) in [7, 11) is 2.79. The summed E-state index contributed by atoms with van der Waals surface area (Å²) in [5, 5.41) is 12.2. The third-order valence-electron chi connectivity index (χ3n) is 6.01. The monoisotopic (exact) mass is 529 g/mol. The Morgan fingerprint density at radius 2 is 1.61 bits per heavy atom. The molecule has 6 nitrogen and oxygen atoms in total. The van der Waals surface area contributed by atoms with Gasteiger partial charge in [-0.2, -0.15) is 0 Å². The van der Waals surface area contributed by atoms with Crippen LogP contribution in [0.15, 0.2) is 66.2 Å². The minimum atomic E-state index is -0.954. The summed E-state index contributed by atoms with van der Waals surface area (Å²) in [4.78, 5) is 27.8. The van der Waals surface area contributed by atoms with Crippen LogP contribution in [0.25, 0.3) is 5.76 Å². The van der Waals surface area contributed by atoms with Gasteiger partial charge in [0.05, 0.1) is 36.4 Å². The Bertz CT molecular complexity index is 1340. The average molecular weight is 530 g/mol. The van der Waals surface area contributed by atoms with E-state index in [9.17, 15) is 19.1 Å². The molecule has 1 N–H and O–H groups in total. The lowest BCUT2D eigenvalue weighted by atomic mass is 9.94. The first kappa shape index (κ1) is 25.5. The molecule has 1 fully saturated rings. The van der Waals surface area contributed by atoms with E-state index in [4.69, 9.17) is 32.7 Å². The number of carbonyl (C=O) groups excluding carboxylic acids is 2. The number of ether oxygens (including phenoxy) is 2. The fourth-order valence-electron chi connectivity index (χ4n) is 4.19. The Balaban J connectivity index is 1.84. The molecule has 0 aromatic heterocycles. The first-order valence-corrected chi connectivity index (χ1v) is 11.7. The van der Waals surface area contributed by atoms with E-state index in [0.29, 0.717) is 17.0 Å². The molecule has 4 rings (SSSR count). The van der Waals surface area contributed by atoms with E-state index in [0.717, 1.165) is 5.56 Å². The van der Waals surface area contributed by atoms with Gasteiger partial charge in [0, 0.05) is 17.6 Å². The van der Waals surface area contributed by atoms with Crippen LogP contribution in [0.4, 0.5) is 4.39 Å². The third kappa shape index (κ3) is 4.90. The van der Waals surface area contributed by atoms with Crippen molar-refractivity contribution < 1.29 is 28.6 Å². The van der Waals surface area contributed by atoms with Gasteiger partial charge in [-0.05, 0) is 47.9 Å². The van der Waals surface area contributed by atoms with E-state index < -0.39 is 29.3 Å². The van der Waals surface area contributed by atoms with Crippen LogP contribution in [0.5, 0.6) is 11.5 Å². The summed E-state index contributed by atoms with van der Waals surface area (Å²) < 4.78 is 24.3. The summed E-state index contributed by atoms with van der Waals surface area (Å²) in [5.74, 6) is -2.14. The van der Waals surface area contributed by atoms with Gasteiger partial charge in [-0.3, -0.25) is 9.59 Å². The lowest BCUT2D eigenvalue weighted by molar-refractivity contribution is -0.139. The third-order valence-corrected chi connectivity index (χ3v) is 6.56. The Hall–Kier alpha value is -3.55. The van der Waals surface area contributed by atoms with E-state index >= 15 is 0 Å². The minimum absolute atomic E-state index is 0.126. The highest BCUT2D eigenvalue weighted by molar-refractivity contribution is 6.46. The number of likely N-dealkylation sites (tertiary alicyclic amines) is 1. The first-order valence-electron chi connectivity index (χ1n) is 10.9. The molecule has 1 atom stereocenters. The summed E-state index contributed by atoms with van der Waals surface area (Å²) in [5.41, 5.74) is 1.35. The molecule has 0 radical (unpaired) electrons. The highest BCUT2D eigenvalue weighted by Crippen LogP contribution is 2.43. The average Bonchev–Trinajstić information content (AvgIpc) is 3.13. The normalized spacial score (nSPS) is 16.9. The summed E-state index contributed by atoms with van der Waals surface area (Å²) in [6.45, 7) is 0.173. The fraction of sp³-hybridized carbons (Fsp3) is 0.185. The highest BCUT2D eigenvalue weighted by atomic mass is 35.5. The Morgan fingerprint density at radius 3 is 2.22 bits per heavy atom. The number of amides is 1. The lowest BCUT2D eigenvalue weighted by Gasteiger charge is -2.25. The molecular formula is C27H22Cl2FNO5. The van der Waals surface area contributed by atoms with E-state index in [1.165, 1.54) is 55.5 Å². The van der Waals surface area contributed by atoms with Crippen LogP contribution in [0.1, 0.15) is 22.7 Å². The van der Waals surface area contributed by atoms with Crippen LogP contribution in [0.3, 0.4) is 0 Å². The van der Waals surface area contributed by atoms with E-state index in [1.807, 2.05) is 12.1 Å². The summed E-state index contributed by atoms with van der Waals surface area (Å²) in [6, 6.07) is 14.5. The van der Waals surface area contributed by atoms with E-state index in [2.05, 4.69) is 0 Å². The second-order valence-electron chi connectivity index (χ2n) is 8.11. The molecule has 9 heteroatoms. The number of carbonyl (C=O) groups is 2. The molecule has 186 valence electrons. The first-order chi connectivity index (χ1) is 17.2. The molecule has 3 aromatic rings. The highest BCUT2D eigenvalue weighted by Gasteiger charge is 2.46. The number of benzene rings is 3. The van der Waals surface area contributed by atoms with Crippen LogP contribution in [-0.4, -0.2) is 42.5 Å². The number of methoxy groups -OCH3 is 2. The summed E-state index contributed by atoms with van der Waals surface area (Å²) >= 11 is 12.2. The number of hydrogen-bond donors (Lipinski definition) is 1. The zero-order valence-electron chi connectivity index (χ0n) is 19.4. The number of ketones is 1. The second kappa shape index (κ2) is 10.6. The van der Waals surface area contributed by atoms with E-state index in [1.54, 1.807) is 12.1 Å². The van der Waals surface area contributed by atoms with Crippen molar-refractivity contribution in [2.45, 2.75) is 12.5 Å². The van der Waals surface area contributed by atoms with Gasteiger partial charge < -0.3 is 19.5 Å². The molecule has 3 aromatic carbocycles. The Labute approximate surface area is 217 Å². The summed E-state index contributed by atoms with van der Waals surface area (Å²) in [6.07, 6.45) is 0.431. The molecule has 1 unspecified atom stereocenters. The maximum absolute atomic E-state index is 13.7. The number of nitrogens with zero attached hydrogens (tertiary/aromatic N) is 1. The van der Waals surface area contributed by atoms with Gasteiger partial charge in [0.25, 0.3) is 11.7 Å². The smallest absolute Gasteiger partial charge is 0.295 e. The van der Waals surface area contributed by atoms with Crippen molar-refractivity contribution in [1.29, 1.82) is 0 Å². The molecular weight excluding hydrogens is 508 g/mol. The quantitative estimate of drug-likeness (QED) is 0.237. The van der Waals surface area contributed by atoms with Crippen molar-refractivity contribution >= 4 is 40.7 Å². The van der Waals surface area contributed by atoms with Crippen LogP contribution in [0, 0.1) is 5.82 Å². The van der Waals surface area contributed by atoms with Crippen molar-refractivity contribution in [3.05, 3.63) is 98.8 Å². The topological polar surface area (TPSA) is 76.1 Å². The maximum atomic E-state index is 13.7. The van der Waals surface area contributed by atoms with Gasteiger partial charge in [-0.25, -0.2) is 4.39 Å². The molecule has 1 amide bonds. The molecule has 0 aliphatic carbocycles. The number of Topliss-reactive ketones (excluding diaryl/α,β-unsaturated/α-hetero) is 1. The molecule has 0 saturated carbocycles. The van der Waals surface area contributed by atoms with Gasteiger partial charge in [0.15, 0.2) is 0 Å². The minimum Gasteiger partial charge on any atom is -0.507 e. The number of halogens is 3. The van der Waals surface area contributed by atoms with Crippen molar-refractivity contribution in [2.75, 3.05) is 20.8 Å². The number of aliphatic hydroxyl groups excluding tert-OH is 1. The number of rotatable bonds is 7. The van der Waals surface area contributed by atoms with Gasteiger partial charge in [-0.1, -0.05) is 47.5 Å².